The van der Waals surface area contributed by atoms with Crippen LogP contribution in [-0.4, -0.2) is 55.6 Å². The molecule has 0 saturated carbocycles. The van der Waals surface area contributed by atoms with Gasteiger partial charge in [-0.2, -0.15) is 0 Å². The minimum atomic E-state index is -3.74. The van der Waals surface area contributed by atoms with Gasteiger partial charge in [-0.25, -0.2) is 13.1 Å². The fourth-order valence-corrected chi connectivity index (χ4v) is 5.22. The maximum atomic E-state index is 13.3. The molecule has 2 heterocycles. The van der Waals surface area contributed by atoms with Gasteiger partial charge in [0.2, 0.25) is 10.0 Å². The predicted octanol–water partition coefficient (Wildman–Crippen LogP) is 3.21. The summed E-state index contributed by atoms with van der Waals surface area (Å²) in [6, 6.07) is 21.7. The number of sulfonamides is 1. The lowest BCUT2D eigenvalue weighted by Gasteiger charge is -2.20. The van der Waals surface area contributed by atoms with Crippen molar-refractivity contribution in [1.82, 2.24) is 14.6 Å². The molecule has 5 rings (SSSR count). The summed E-state index contributed by atoms with van der Waals surface area (Å²) in [5.74, 6) is 0.524. The van der Waals surface area contributed by atoms with Gasteiger partial charge in [-0.05, 0) is 54.1 Å². The molecule has 4 aromatic rings. The average molecular weight is 504 g/mol. The van der Waals surface area contributed by atoms with Crippen molar-refractivity contribution < 1.29 is 23.1 Å². The largest absolute Gasteiger partial charge is 0.491 e. The lowest BCUT2D eigenvalue weighted by atomic mass is 10.0. The highest BCUT2D eigenvalue weighted by molar-refractivity contribution is 7.89. The number of aliphatic hydroxyl groups is 1. The van der Waals surface area contributed by atoms with Crippen LogP contribution in [0.2, 0.25) is 0 Å². The molecule has 184 valence electrons. The Morgan fingerprint density at radius 1 is 1.03 bits per heavy atom. The van der Waals surface area contributed by atoms with E-state index >= 15 is 0 Å². The fraction of sp³-hybridized carbons (Fsp3) is 0.185. The van der Waals surface area contributed by atoms with E-state index in [4.69, 9.17) is 9.84 Å². The van der Waals surface area contributed by atoms with Crippen LogP contribution in [0.15, 0.2) is 83.9 Å². The number of fused-ring (bicyclic) bond motifs is 2. The number of hydrogen-bond acceptors (Lipinski definition) is 6. The number of nitrogens with zero attached hydrogens (tertiary/aromatic N) is 2. The summed E-state index contributed by atoms with van der Waals surface area (Å²) in [5.41, 5.74) is 4.16. The van der Waals surface area contributed by atoms with E-state index < -0.39 is 10.0 Å². The van der Waals surface area contributed by atoms with E-state index in [1.807, 2.05) is 48.7 Å². The van der Waals surface area contributed by atoms with Crippen LogP contribution in [0.25, 0.3) is 22.0 Å². The van der Waals surface area contributed by atoms with Crippen LogP contribution in [0.4, 0.5) is 0 Å². The third-order valence-electron chi connectivity index (χ3n) is 6.07. The first-order valence-corrected chi connectivity index (χ1v) is 13.0. The summed E-state index contributed by atoms with van der Waals surface area (Å²) in [6.45, 7) is 0.744. The Bertz CT molecular complexity index is 1520. The van der Waals surface area contributed by atoms with Gasteiger partial charge in [-0.3, -0.25) is 9.78 Å². The number of carbonyl (C=O) groups is 1. The van der Waals surface area contributed by atoms with Crippen LogP contribution in [0, 0.1) is 0 Å². The van der Waals surface area contributed by atoms with Crippen molar-refractivity contribution in [2.24, 2.45) is 0 Å². The van der Waals surface area contributed by atoms with E-state index in [-0.39, 0.29) is 24.0 Å². The highest BCUT2D eigenvalue weighted by Crippen LogP contribution is 2.30. The second kappa shape index (κ2) is 10.1. The lowest BCUT2D eigenvalue weighted by Crippen LogP contribution is -2.32. The quantitative estimate of drug-likeness (QED) is 0.418. The van der Waals surface area contributed by atoms with Gasteiger partial charge in [0.25, 0.3) is 5.91 Å². The molecular formula is C27H25N3O5S. The van der Waals surface area contributed by atoms with Gasteiger partial charge in [0, 0.05) is 41.4 Å². The number of ether oxygens (including phenoxy) is 1. The highest BCUT2D eigenvalue weighted by atomic mass is 32.2. The number of benzene rings is 3. The van der Waals surface area contributed by atoms with Crippen LogP contribution in [-0.2, 0) is 16.6 Å². The lowest BCUT2D eigenvalue weighted by molar-refractivity contribution is 0.0733. The number of carbonyl (C=O) groups excluding carboxylic acids is 1. The minimum absolute atomic E-state index is 0.0330. The van der Waals surface area contributed by atoms with E-state index in [0.717, 1.165) is 33.3 Å². The van der Waals surface area contributed by atoms with Gasteiger partial charge < -0.3 is 14.7 Å². The second-order valence-corrected chi connectivity index (χ2v) is 10.2. The molecule has 8 nitrogen and oxygen atoms in total. The topological polar surface area (TPSA) is 109 Å². The maximum Gasteiger partial charge on any atom is 0.254 e. The summed E-state index contributed by atoms with van der Waals surface area (Å²) >= 11 is 0. The molecule has 1 amide bonds. The van der Waals surface area contributed by atoms with Gasteiger partial charge in [0.15, 0.2) is 0 Å². The van der Waals surface area contributed by atoms with E-state index in [1.54, 1.807) is 4.90 Å². The van der Waals surface area contributed by atoms with Gasteiger partial charge in [-0.15, -0.1) is 0 Å². The molecule has 1 aliphatic heterocycles. The maximum absolute atomic E-state index is 13.3. The molecule has 0 bridgehead atoms. The van der Waals surface area contributed by atoms with Crippen molar-refractivity contribution in [2.75, 3.05) is 26.3 Å². The molecule has 0 aliphatic carbocycles. The molecular weight excluding hydrogens is 478 g/mol. The van der Waals surface area contributed by atoms with Crippen LogP contribution >= 0.6 is 0 Å². The number of aromatic nitrogens is 1. The summed E-state index contributed by atoms with van der Waals surface area (Å²) in [5, 5.41) is 9.91. The van der Waals surface area contributed by atoms with Gasteiger partial charge >= 0.3 is 0 Å². The normalized spacial score (nSPS) is 13.6. The molecule has 36 heavy (non-hydrogen) atoms. The minimum Gasteiger partial charge on any atom is -0.491 e. The number of aliphatic hydroxyl groups excluding tert-OH is 1. The molecule has 0 fully saturated rings. The van der Waals surface area contributed by atoms with E-state index in [2.05, 4.69) is 15.8 Å². The summed E-state index contributed by atoms with van der Waals surface area (Å²) < 4.78 is 32.7. The molecule has 0 radical (unpaired) electrons. The van der Waals surface area contributed by atoms with Gasteiger partial charge in [0.1, 0.15) is 12.4 Å². The number of para-hydroxylation sites is 1. The van der Waals surface area contributed by atoms with Crippen molar-refractivity contribution in [1.29, 1.82) is 0 Å². The second-order valence-electron chi connectivity index (χ2n) is 8.46. The molecule has 0 atom stereocenters. The third-order valence-corrected chi connectivity index (χ3v) is 7.54. The Balaban J connectivity index is 1.38. The van der Waals surface area contributed by atoms with Crippen molar-refractivity contribution in [2.45, 2.75) is 11.4 Å². The molecule has 2 N–H and O–H groups in total. The third kappa shape index (κ3) is 4.94. The zero-order valence-corrected chi connectivity index (χ0v) is 20.2. The Morgan fingerprint density at radius 3 is 2.64 bits per heavy atom. The highest BCUT2D eigenvalue weighted by Gasteiger charge is 2.22. The Hall–Kier alpha value is -3.79. The monoisotopic (exact) mass is 503 g/mol. The van der Waals surface area contributed by atoms with E-state index in [0.29, 0.717) is 25.3 Å². The molecule has 9 heteroatoms. The number of amides is 1. The van der Waals surface area contributed by atoms with Crippen LogP contribution in [0.3, 0.4) is 0 Å². The zero-order chi connectivity index (χ0) is 25.1. The van der Waals surface area contributed by atoms with Crippen molar-refractivity contribution in [3.8, 4) is 16.9 Å². The van der Waals surface area contributed by atoms with E-state index in [9.17, 15) is 13.2 Å². The number of nitrogens with one attached hydrogen (secondary N) is 1. The summed E-state index contributed by atoms with van der Waals surface area (Å²) in [7, 11) is -3.74. The first-order chi connectivity index (χ1) is 17.4. The molecule has 0 saturated heterocycles. The SMILES string of the molecule is O=C(c1ccc(S(=O)(=O)NCCO)cc1)N1CCOc2ccc(-c3cnc4ccccc4c3)cc2C1. The summed E-state index contributed by atoms with van der Waals surface area (Å²) in [4.78, 5) is 19.5. The molecule has 0 spiro atoms. The first kappa shape index (κ1) is 23.9. The number of pyridine rings is 1. The van der Waals surface area contributed by atoms with Crippen LogP contribution in [0.1, 0.15) is 15.9 Å². The first-order valence-electron chi connectivity index (χ1n) is 11.6. The zero-order valence-electron chi connectivity index (χ0n) is 19.4. The standard InChI is InChI=1S/C27H25N3O5S/c31-13-11-29-36(33,34)24-8-5-19(6-9-24)27(32)30-12-14-35-26-10-7-20(15-23(26)18-30)22-16-21-3-1-2-4-25(21)28-17-22/h1-10,15-17,29,31H,11-14,18H2. The Kier molecular flexibility index (Phi) is 6.69. The molecule has 1 aromatic heterocycles. The Morgan fingerprint density at radius 2 is 1.83 bits per heavy atom. The van der Waals surface area contributed by atoms with Gasteiger partial charge in [-0.1, -0.05) is 24.3 Å². The number of hydrogen-bond donors (Lipinski definition) is 2. The van der Waals surface area contributed by atoms with Crippen LogP contribution < -0.4 is 9.46 Å². The van der Waals surface area contributed by atoms with E-state index in [1.165, 1.54) is 24.3 Å². The average Bonchev–Trinajstić information content (AvgIpc) is 3.13. The smallest absolute Gasteiger partial charge is 0.254 e. The Labute approximate surface area is 209 Å². The van der Waals surface area contributed by atoms with Gasteiger partial charge in [0.05, 0.1) is 23.6 Å². The summed E-state index contributed by atoms with van der Waals surface area (Å²) in [6.07, 6.45) is 1.84. The van der Waals surface area contributed by atoms with Crippen molar-refractivity contribution in [3.63, 3.8) is 0 Å². The molecule has 1 aliphatic rings. The predicted molar refractivity (Wildman–Crippen MR) is 136 cm³/mol. The fourth-order valence-electron chi connectivity index (χ4n) is 4.20. The van der Waals surface area contributed by atoms with Crippen molar-refractivity contribution in [3.05, 3.63) is 90.1 Å². The van der Waals surface area contributed by atoms with Crippen LogP contribution in [0.5, 0.6) is 5.75 Å². The van der Waals surface area contributed by atoms with Crippen molar-refractivity contribution >= 4 is 26.8 Å². The molecule has 0 unspecified atom stereocenters. The number of rotatable bonds is 6. The molecule has 3 aromatic carbocycles.